The highest BCUT2D eigenvalue weighted by atomic mass is 79.9. The van der Waals surface area contributed by atoms with E-state index in [0.29, 0.717) is 41.1 Å². The summed E-state index contributed by atoms with van der Waals surface area (Å²) in [6.45, 7) is 2.22. The van der Waals surface area contributed by atoms with Crippen molar-refractivity contribution in [3.63, 3.8) is 0 Å². The molecule has 4 aromatic carbocycles. The lowest BCUT2D eigenvalue weighted by atomic mass is 10.1. The van der Waals surface area contributed by atoms with E-state index in [9.17, 15) is 14.0 Å². The van der Waals surface area contributed by atoms with Gasteiger partial charge in [0.05, 0.1) is 28.3 Å². The van der Waals surface area contributed by atoms with Crippen molar-refractivity contribution in [1.29, 1.82) is 0 Å². The summed E-state index contributed by atoms with van der Waals surface area (Å²) < 4.78 is 16.0. The molecule has 5 aromatic rings. The van der Waals surface area contributed by atoms with Crippen molar-refractivity contribution >= 4 is 38.6 Å². The summed E-state index contributed by atoms with van der Waals surface area (Å²) in [5, 5.41) is 3.43. The summed E-state index contributed by atoms with van der Waals surface area (Å²) in [5.74, 6) is -0.0342. The molecule has 8 heteroatoms. The van der Waals surface area contributed by atoms with Crippen LogP contribution in [0, 0.1) is 5.82 Å². The molecule has 5 rings (SSSR count). The minimum atomic E-state index is -0.612. The SMILES string of the molecule is CC(c1nc2ccccc2c(=O)n1-c1ccc(F)cc1)N(CCc1ccccc1)C(=O)Nc1ccccc1Br. The Morgan fingerprint density at radius 1 is 0.949 bits per heavy atom. The molecule has 0 radical (unpaired) electrons. The van der Waals surface area contributed by atoms with Gasteiger partial charge in [0.2, 0.25) is 0 Å². The Morgan fingerprint density at radius 2 is 1.62 bits per heavy atom. The normalized spacial score (nSPS) is 11.8. The van der Waals surface area contributed by atoms with Crippen LogP contribution >= 0.6 is 15.9 Å². The molecule has 196 valence electrons. The van der Waals surface area contributed by atoms with E-state index < -0.39 is 11.9 Å². The Hall–Kier alpha value is -4.30. The van der Waals surface area contributed by atoms with Crippen molar-refractivity contribution < 1.29 is 9.18 Å². The van der Waals surface area contributed by atoms with Crippen molar-refractivity contribution in [3.8, 4) is 5.69 Å². The number of nitrogens with zero attached hydrogens (tertiary/aromatic N) is 3. The highest BCUT2D eigenvalue weighted by Gasteiger charge is 2.27. The van der Waals surface area contributed by atoms with E-state index in [0.717, 1.165) is 10.0 Å². The molecule has 0 spiro atoms. The number of amides is 2. The number of para-hydroxylation sites is 2. The summed E-state index contributed by atoms with van der Waals surface area (Å²) >= 11 is 3.49. The van der Waals surface area contributed by atoms with Crippen LogP contribution in [0.4, 0.5) is 14.9 Å². The van der Waals surface area contributed by atoms with Gasteiger partial charge in [-0.25, -0.2) is 14.2 Å². The first-order valence-electron chi connectivity index (χ1n) is 12.6. The molecule has 1 N–H and O–H groups in total. The first-order chi connectivity index (χ1) is 18.9. The molecule has 0 fully saturated rings. The number of hydrogen-bond acceptors (Lipinski definition) is 3. The van der Waals surface area contributed by atoms with Crippen LogP contribution in [0.3, 0.4) is 0 Å². The summed E-state index contributed by atoms with van der Waals surface area (Å²) in [6, 6.07) is 29.1. The summed E-state index contributed by atoms with van der Waals surface area (Å²) in [7, 11) is 0. The fourth-order valence-corrected chi connectivity index (χ4v) is 4.91. The highest BCUT2D eigenvalue weighted by molar-refractivity contribution is 9.10. The predicted molar refractivity (Wildman–Crippen MR) is 156 cm³/mol. The molecule has 6 nitrogen and oxygen atoms in total. The van der Waals surface area contributed by atoms with Crippen molar-refractivity contribution in [2.45, 2.75) is 19.4 Å². The third kappa shape index (κ3) is 5.76. The fourth-order valence-electron chi connectivity index (χ4n) is 4.52. The number of urea groups is 1. The van der Waals surface area contributed by atoms with E-state index in [-0.39, 0.29) is 11.6 Å². The Labute approximate surface area is 233 Å². The molecular formula is C31H26BrFN4O2. The van der Waals surface area contributed by atoms with Gasteiger partial charge in [0.15, 0.2) is 0 Å². The topological polar surface area (TPSA) is 67.2 Å². The van der Waals surface area contributed by atoms with E-state index >= 15 is 0 Å². The average Bonchev–Trinajstić information content (AvgIpc) is 2.95. The number of fused-ring (bicyclic) bond motifs is 1. The van der Waals surface area contributed by atoms with Gasteiger partial charge in [-0.15, -0.1) is 0 Å². The first-order valence-corrected chi connectivity index (χ1v) is 13.4. The molecule has 0 bridgehead atoms. The van der Waals surface area contributed by atoms with Crippen LogP contribution in [0.25, 0.3) is 16.6 Å². The molecule has 1 aromatic heterocycles. The van der Waals surface area contributed by atoms with E-state index in [1.165, 1.54) is 16.7 Å². The molecule has 1 heterocycles. The molecule has 0 aliphatic carbocycles. The van der Waals surface area contributed by atoms with Crippen LogP contribution in [0.2, 0.25) is 0 Å². The molecule has 1 unspecified atom stereocenters. The number of aromatic nitrogens is 2. The van der Waals surface area contributed by atoms with Gasteiger partial charge in [0.25, 0.3) is 5.56 Å². The number of anilines is 1. The molecule has 0 saturated heterocycles. The van der Waals surface area contributed by atoms with Gasteiger partial charge < -0.3 is 10.2 Å². The van der Waals surface area contributed by atoms with Crippen LogP contribution in [0.15, 0.2) is 112 Å². The van der Waals surface area contributed by atoms with Crippen LogP contribution in [0.1, 0.15) is 24.4 Å². The van der Waals surface area contributed by atoms with Crippen LogP contribution < -0.4 is 10.9 Å². The summed E-state index contributed by atoms with van der Waals surface area (Å²) in [6.07, 6.45) is 0.600. The van der Waals surface area contributed by atoms with Gasteiger partial charge in [-0.2, -0.15) is 0 Å². The monoisotopic (exact) mass is 584 g/mol. The molecule has 0 aliphatic heterocycles. The average molecular weight is 585 g/mol. The Balaban J connectivity index is 1.61. The number of halogens is 2. The summed E-state index contributed by atoms with van der Waals surface area (Å²) in [5.41, 5.74) is 2.41. The van der Waals surface area contributed by atoms with Crippen LogP contribution in [-0.2, 0) is 6.42 Å². The van der Waals surface area contributed by atoms with Crippen molar-refractivity contribution in [2.75, 3.05) is 11.9 Å². The molecule has 0 aliphatic rings. The first kappa shape index (κ1) is 26.3. The predicted octanol–water partition coefficient (Wildman–Crippen LogP) is 7.13. The lowest BCUT2D eigenvalue weighted by molar-refractivity contribution is 0.190. The van der Waals surface area contributed by atoms with E-state index in [4.69, 9.17) is 4.98 Å². The second kappa shape index (κ2) is 11.6. The molecule has 2 amide bonds. The van der Waals surface area contributed by atoms with E-state index in [1.54, 1.807) is 35.2 Å². The Morgan fingerprint density at radius 3 is 2.36 bits per heavy atom. The maximum Gasteiger partial charge on any atom is 0.322 e. The quantitative estimate of drug-likeness (QED) is 0.221. The smallest absolute Gasteiger partial charge is 0.314 e. The molecule has 1 atom stereocenters. The largest absolute Gasteiger partial charge is 0.322 e. The van der Waals surface area contributed by atoms with Gasteiger partial charge in [0, 0.05) is 11.0 Å². The van der Waals surface area contributed by atoms with Gasteiger partial charge in [0.1, 0.15) is 11.6 Å². The number of benzene rings is 4. The van der Waals surface area contributed by atoms with Crippen LogP contribution in [0.5, 0.6) is 0 Å². The lowest BCUT2D eigenvalue weighted by Gasteiger charge is -2.31. The zero-order chi connectivity index (χ0) is 27.4. The number of hydrogen-bond donors (Lipinski definition) is 1. The van der Waals surface area contributed by atoms with Crippen molar-refractivity contribution in [3.05, 3.63) is 135 Å². The Kier molecular flexibility index (Phi) is 7.84. The number of carbonyl (C=O) groups excluding carboxylic acids is 1. The summed E-state index contributed by atoms with van der Waals surface area (Å²) in [4.78, 5) is 34.0. The van der Waals surface area contributed by atoms with E-state index in [2.05, 4.69) is 21.2 Å². The number of nitrogens with one attached hydrogen (secondary N) is 1. The maximum atomic E-state index is 13.8. The van der Waals surface area contributed by atoms with Crippen molar-refractivity contribution in [2.24, 2.45) is 0 Å². The van der Waals surface area contributed by atoms with Gasteiger partial charge in [-0.1, -0.05) is 54.6 Å². The number of rotatable bonds is 7. The fraction of sp³-hybridized carbons (Fsp3) is 0.129. The lowest BCUT2D eigenvalue weighted by Crippen LogP contribution is -2.41. The second-order valence-electron chi connectivity index (χ2n) is 9.12. The molecule has 39 heavy (non-hydrogen) atoms. The minimum absolute atomic E-state index is 0.289. The van der Waals surface area contributed by atoms with Crippen molar-refractivity contribution in [1.82, 2.24) is 14.5 Å². The van der Waals surface area contributed by atoms with E-state index in [1.807, 2.05) is 67.6 Å². The third-order valence-electron chi connectivity index (χ3n) is 6.59. The van der Waals surface area contributed by atoms with Gasteiger partial charge in [-0.05, 0) is 83.4 Å². The molecular weight excluding hydrogens is 559 g/mol. The second-order valence-corrected chi connectivity index (χ2v) is 9.97. The van der Waals surface area contributed by atoms with Gasteiger partial charge >= 0.3 is 6.03 Å². The Bertz CT molecular complexity index is 1670. The highest BCUT2D eigenvalue weighted by Crippen LogP contribution is 2.26. The minimum Gasteiger partial charge on any atom is -0.314 e. The number of carbonyl (C=O) groups is 1. The standard InChI is InChI=1S/C31H26BrFN4O2/c1-21(29-34-27-13-7-5-11-25(27)30(38)37(29)24-17-15-23(33)16-18-24)36(20-19-22-9-3-2-4-10-22)31(39)35-28-14-8-6-12-26(28)32/h2-18,21H,19-20H2,1H3,(H,35,39). The maximum absolute atomic E-state index is 13.8. The van der Waals surface area contributed by atoms with Gasteiger partial charge in [-0.3, -0.25) is 9.36 Å². The zero-order valence-electron chi connectivity index (χ0n) is 21.2. The van der Waals surface area contributed by atoms with Crippen LogP contribution in [-0.4, -0.2) is 27.0 Å². The molecule has 0 saturated carbocycles. The third-order valence-corrected chi connectivity index (χ3v) is 7.28. The zero-order valence-corrected chi connectivity index (χ0v) is 22.8.